The Balaban J connectivity index is 0.000000300. The Bertz CT molecular complexity index is 2490. The highest BCUT2D eigenvalue weighted by Gasteiger charge is 2.37. The van der Waals surface area contributed by atoms with E-state index in [1.807, 2.05) is 20.1 Å². The maximum Gasteiger partial charge on any atom is 0.511 e. The van der Waals surface area contributed by atoms with E-state index < -0.39 is 42.3 Å². The SMILES string of the molecule is CC(C)OC(=O)OCO/N=[N+](\[O-])N1CCCC1CO.CCC(CC)C(=O)OCO/N=[N+](\[O-])N1CCCC1CO.CS(=O)CO/N=[N+](\[O-])N1CCCC1CO.CSCO/N=[N+](\[O-])N1CCCC1CO.O=C1c2ccccc2C(=O)N1CO/N=[N+](\[O-])N1CCCC1CO. The molecule has 518 valence electrons. The van der Waals surface area contributed by atoms with Gasteiger partial charge in [-0.25, -0.2) is 9.69 Å². The van der Waals surface area contributed by atoms with Crippen molar-refractivity contribution >= 4 is 46.5 Å². The number of carbonyl (C=O) groups is 4. The summed E-state index contributed by atoms with van der Waals surface area (Å²) in [5.74, 6) is -1.20. The fraction of sp³-hybridized carbons (Fsp3) is 0.800. The summed E-state index contributed by atoms with van der Waals surface area (Å²) in [4.78, 5) is 72.5. The van der Waals surface area contributed by atoms with E-state index in [4.69, 9.17) is 39.9 Å². The Hall–Kier alpha value is -7.60. The van der Waals surface area contributed by atoms with Crippen LogP contribution in [0.2, 0.25) is 0 Å². The third-order valence-corrected chi connectivity index (χ3v) is 14.9. The number of hydrogen-bond donors (Lipinski definition) is 5. The van der Waals surface area contributed by atoms with Gasteiger partial charge in [-0.3, -0.25) is 18.6 Å². The molecule has 7 rings (SSSR count). The van der Waals surface area contributed by atoms with E-state index in [1.165, 1.54) is 43.1 Å². The first-order valence-electron chi connectivity index (χ1n) is 29.4. The van der Waals surface area contributed by atoms with Crippen molar-refractivity contribution in [3.8, 4) is 0 Å². The lowest BCUT2D eigenvalue weighted by atomic mass is 10.0. The van der Waals surface area contributed by atoms with E-state index in [1.54, 1.807) is 38.1 Å². The minimum absolute atomic E-state index is 0.0171. The first-order valence-corrected chi connectivity index (χ1v) is 32.5. The molecule has 6 aliphatic rings. The van der Waals surface area contributed by atoms with E-state index in [0.717, 1.165) is 62.7 Å². The molecule has 0 spiro atoms. The fourth-order valence-corrected chi connectivity index (χ4v) is 9.77. The number of ether oxygens (including phenoxy) is 3. The molecule has 5 fully saturated rings. The number of amides is 2. The van der Waals surface area contributed by atoms with Crippen LogP contribution in [0.3, 0.4) is 0 Å². The van der Waals surface area contributed by atoms with Crippen LogP contribution in [0, 0.1) is 32.0 Å². The Morgan fingerprint density at radius 2 is 0.923 bits per heavy atom. The number of rotatable bonds is 29. The van der Waals surface area contributed by atoms with E-state index in [-0.39, 0.29) is 104 Å². The number of esters is 1. The molecule has 0 radical (unpaired) electrons. The van der Waals surface area contributed by atoms with Crippen LogP contribution in [0.25, 0.3) is 0 Å². The minimum Gasteiger partial charge on any atom is -0.569 e. The van der Waals surface area contributed by atoms with Crippen LogP contribution in [-0.4, -0.2) is 255 Å². The average molecular weight is 1350 g/mol. The molecule has 1 aromatic carbocycles. The first kappa shape index (κ1) is 77.6. The monoisotopic (exact) mass is 1340 g/mol. The number of aliphatic hydroxyl groups is 5. The van der Waals surface area contributed by atoms with Crippen molar-refractivity contribution in [2.75, 3.05) is 110 Å². The highest BCUT2D eigenvalue weighted by molar-refractivity contribution is 7.98. The smallest absolute Gasteiger partial charge is 0.511 e. The van der Waals surface area contributed by atoms with Gasteiger partial charge in [-0.2, -0.15) is 0 Å². The maximum atomic E-state index is 12.1. The molecule has 0 bridgehead atoms. The lowest BCUT2D eigenvalue weighted by molar-refractivity contribution is -0.715. The summed E-state index contributed by atoms with van der Waals surface area (Å²) in [5.41, 5.74) is 0.611. The number of hydrazine groups is 5. The summed E-state index contributed by atoms with van der Waals surface area (Å²) >= 11 is 1.44. The van der Waals surface area contributed by atoms with Gasteiger partial charge < -0.3 is 90.0 Å². The van der Waals surface area contributed by atoms with Crippen LogP contribution < -0.4 is 0 Å². The van der Waals surface area contributed by atoms with Gasteiger partial charge in [0.05, 0.1) is 125 Å². The zero-order valence-corrected chi connectivity index (χ0v) is 53.6. The van der Waals surface area contributed by atoms with Crippen molar-refractivity contribution in [3.63, 3.8) is 0 Å². The molecule has 1 aromatic rings. The summed E-state index contributed by atoms with van der Waals surface area (Å²) in [6.07, 6.45) is 11.4. The van der Waals surface area contributed by atoms with Gasteiger partial charge in [0, 0.05) is 6.26 Å². The number of benzene rings is 1. The van der Waals surface area contributed by atoms with Gasteiger partial charge >= 0.3 is 12.1 Å². The third-order valence-electron chi connectivity index (χ3n) is 14.1. The summed E-state index contributed by atoms with van der Waals surface area (Å²) in [6.45, 7) is 8.03. The van der Waals surface area contributed by atoms with Crippen LogP contribution >= 0.6 is 11.8 Å². The quantitative estimate of drug-likeness (QED) is 0.0146. The summed E-state index contributed by atoms with van der Waals surface area (Å²) in [6, 6.07) is 5.37. The van der Waals surface area contributed by atoms with Crippen molar-refractivity contribution in [3.05, 3.63) is 61.4 Å². The predicted octanol–water partition coefficient (Wildman–Crippen LogP) is 2.63. The van der Waals surface area contributed by atoms with Gasteiger partial charge in [0.2, 0.25) is 33.1 Å². The molecule has 0 aromatic heterocycles. The standard InChI is InChI=1S/C14H16N4O5.C12H23N3O5.C10H19N3O6.C7H15N3O4S.C7H15N3O3S/c19-8-10-4-3-7-17(10)18(22)15-23-9-16-13(20)11-5-1-2-6-12(11)14(16)21;1-3-10(4-2)12(17)19-9-20-13-15(18)14-7-5-6-11(14)8-16;1-8(2)19-10(15)17-7-18-11-13(16)12-5-3-4-9(12)6-14;1-15(13)6-14-8-10(12)9-4-2-3-7(9)5-11;1-14-6-13-8-10(12)9-4-2-3-7(9)5-11/h1-2,5-6,10,19H,3-4,7-9H2;10-11,16H,3-9H2,1-2H3;8-9,14H,3-7H2,1-2H3;7,11H,2-6H2,1H3;7,11H,2-6H2,1H3/b18-15-;15-13-;13-11-;2*10-8-. The van der Waals surface area contributed by atoms with Gasteiger partial charge in [0.1, 0.15) is 30.2 Å². The zero-order chi connectivity index (χ0) is 67.3. The van der Waals surface area contributed by atoms with Gasteiger partial charge in [-0.1, -0.05) is 26.0 Å². The van der Waals surface area contributed by atoms with E-state index >= 15 is 0 Å². The van der Waals surface area contributed by atoms with Crippen molar-refractivity contribution in [1.29, 1.82) is 0 Å². The van der Waals surface area contributed by atoms with Gasteiger partial charge in [-0.15, -0.1) is 36.8 Å². The van der Waals surface area contributed by atoms with Crippen molar-refractivity contribution in [1.82, 2.24) is 29.9 Å². The Morgan fingerprint density at radius 1 is 0.582 bits per heavy atom. The first-order chi connectivity index (χ1) is 43.7. The topological polar surface area (TPSA) is 472 Å². The maximum absolute atomic E-state index is 12.1. The lowest BCUT2D eigenvalue weighted by Gasteiger charge is -2.18. The number of carbonyl (C=O) groups excluding carboxylic acids is 4. The fourth-order valence-electron chi connectivity index (χ4n) is 9.42. The van der Waals surface area contributed by atoms with Crippen molar-refractivity contribution in [2.24, 2.45) is 32.3 Å². The molecule has 41 heteroatoms. The van der Waals surface area contributed by atoms with E-state index in [2.05, 4.69) is 50.4 Å². The lowest BCUT2D eigenvalue weighted by Crippen LogP contribution is -2.38. The van der Waals surface area contributed by atoms with Crippen LogP contribution in [0.15, 0.2) is 50.7 Å². The zero-order valence-electron chi connectivity index (χ0n) is 52.0. The third kappa shape index (κ3) is 26.3. The van der Waals surface area contributed by atoms with Gasteiger partial charge in [-0.05, 0) is 109 Å². The van der Waals surface area contributed by atoms with Crippen LogP contribution in [0.5, 0.6) is 0 Å². The molecule has 5 N–H and O–H groups in total. The summed E-state index contributed by atoms with van der Waals surface area (Å²) in [5, 5.41) is 126. The molecular weight excluding hydrogens is 1260 g/mol. The number of aliphatic hydroxyl groups excluding tert-OH is 5. The highest BCUT2D eigenvalue weighted by Crippen LogP contribution is 2.24. The molecular formula is C50H88N16O23S2. The number of nitrogens with zero attached hydrogens (tertiary/aromatic N) is 16. The molecule has 6 aliphatic heterocycles. The van der Waals surface area contributed by atoms with Crippen LogP contribution in [0.4, 0.5) is 4.79 Å². The second-order valence-corrected chi connectivity index (χ2v) is 22.8. The second kappa shape index (κ2) is 43.2. The van der Waals surface area contributed by atoms with Gasteiger partial charge in [0.15, 0.2) is 11.9 Å². The molecule has 39 nitrogen and oxygen atoms in total. The summed E-state index contributed by atoms with van der Waals surface area (Å²) < 4.78 is 24.7. The van der Waals surface area contributed by atoms with Crippen molar-refractivity contribution in [2.45, 2.75) is 141 Å². The Kier molecular flexibility index (Phi) is 36.9. The summed E-state index contributed by atoms with van der Waals surface area (Å²) in [7, 11) is -1.14. The molecule has 5 saturated heterocycles. The number of imide groups is 1. The second-order valence-electron chi connectivity index (χ2n) is 20.6. The average Bonchev–Trinajstić information content (AvgIpc) is 1.68. The molecule has 0 saturated carbocycles. The highest BCUT2D eigenvalue weighted by atomic mass is 32.2. The van der Waals surface area contributed by atoms with Gasteiger partial charge in [0.25, 0.3) is 25.4 Å². The van der Waals surface area contributed by atoms with E-state index in [9.17, 15) is 49.4 Å². The molecule has 2 amide bonds. The van der Waals surface area contributed by atoms with Crippen LogP contribution in [0.1, 0.15) is 125 Å². The Morgan fingerprint density at radius 3 is 1.25 bits per heavy atom. The predicted molar refractivity (Wildman–Crippen MR) is 311 cm³/mol. The number of fused-ring (bicyclic) bond motifs is 1. The minimum atomic E-state index is -1.14. The Labute approximate surface area is 532 Å². The molecule has 6 atom stereocenters. The van der Waals surface area contributed by atoms with Crippen LogP contribution in [-0.2, 0) is 54.0 Å². The van der Waals surface area contributed by atoms with E-state index in [0.29, 0.717) is 84.0 Å². The molecule has 91 heavy (non-hydrogen) atoms. The number of thioether (sulfide) groups is 1. The number of hydrogen-bond acceptors (Lipinski definition) is 29. The molecule has 6 unspecified atom stereocenters. The van der Waals surface area contributed by atoms with Crippen molar-refractivity contribution < 1.29 is 112 Å². The molecule has 0 aliphatic carbocycles. The molecule has 6 heterocycles. The largest absolute Gasteiger partial charge is 0.569 e. The normalized spacial score (nSPS) is 21.2.